The minimum atomic E-state index is 0.0661. The fraction of sp³-hybridized carbons (Fsp3) is 0.474. The second-order valence-corrected chi connectivity index (χ2v) is 6.80. The van der Waals surface area contributed by atoms with Crippen LogP contribution in [-0.2, 0) is 19.9 Å². The highest BCUT2D eigenvalue weighted by Gasteiger charge is 2.26. The maximum Gasteiger partial charge on any atom is 0.317 e. The van der Waals surface area contributed by atoms with Crippen LogP contribution in [0.2, 0.25) is 0 Å². The number of carbonyl (C=O) groups is 1. The molecule has 5 heteroatoms. The van der Waals surface area contributed by atoms with E-state index in [-0.39, 0.29) is 6.03 Å². The van der Waals surface area contributed by atoms with Crippen LogP contribution in [0.4, 0.5) is 4.79 Å². The molecule has 1 saturated heterocycles. The molecule has 2 amide bonds. The molecule has 0 bridgehead atoms. The first-order valence-electron chi connectivity index (χ1n) is 8.66. The van der Waals surface area contributed by atoms with E-state index in [0.717, 1.165) is 32.4 Å². The minimum Gasteiger partial charge on any atom is -0.338 e. The lowest BCUT2D eigenvalue weighted by molar-refractivity contribution is 0.207. The van der Waals surface area contributed by atoms with Crippen molar-refractivity contribution < 1.29 is 4.79 Å². The first-order valence-corrected chi connectivity index (χ1v) is 8.66. The lowest BCUT2D eigenvalue weighted by Crippen LogP contribution is -2.39. The van der Waals surface area contributed by atoms with E-state index in [1.54, 1.807) is 0 Å². The van der Waals surface area contributed by atoms with Gasteiger partial charge in [0.15, 0.2) is 0 Å². The predicted octanol–water partition coefficient (Wildman–Crippen LogP) is 2.55. The molecular weight excluding hydrogens is 300 g/mol. The van der Waals surface area contributed by atoms with Gasteiger partial charge in [0.2, 0.25) is 0 Å². The molecule has 128 valence electrons. The number of benzene rings is 1. The van der Waals surface area contributed by atoms with Crippen LogP contribution in [0.5, 0.6) is 0 Å². The molecule has 2 aromatic rings. The Bertz CT molecular complexity index is 694. The number of hydrogen-bond donors (Lipinski definition) is 1. The molecule has 2 heterocycles. The Morgan fingerprint density at radius 1 is 1.38 bits per heavy atom. The van der Waals surface area contributed by atoms with Gasteiger partial charge in [-0.2, -0.15) is 5.10 Å². The van der Waals surface area contributed by atoms with E-state index in [2.05, 4.69) is 47.8 Å². The van der Waals surface area contributed by atoms with Crippen LogP contribution in [0.1, 0.15) is 23.1 Å². The number of likely N-dealkylation sites (tertiary alicyclic amines) is 1. The van der Waals surface area contributed by atoms with Crippen LogP contribution in [0.15, 0.2) is 36.7 Å². The summed E-state index contributed by atoms with van der Waals surface area (Å²) < 4.78 is 1.83. The summed E-state index contributed by atoms with van der Waals surface area (Å²) in [6.45, 7) is 4.47. The molecule has 1 aromatic heterocycles. The van der Waals surface area contributed by atoms with Gasteiger partial charge in [0.05, 0.1) is 6.20 Å². The molecule has 1 atom stereocenters. The van der Waals surface area contributed by atoms with Gasteiger partial charge in [-0.15, -0.1) is 0 Å². The number of aryl methyl sites for hydroxylation is 2. The number of urea groups is 1. The molecule has 0 aliphatic carbocycles. The van der Waals surface area contributed by atoms with Gasteiger partial charge >= 0.3 is 6.03 Å². The van der Waals surface area contributed by atoms with Crippen LogP contribution >= 0.6 is 0 Å². The maximum absolute atomic E-state index is 12.3. The molecule has 1 aliphatic rings. The summed E-state index contributed by atoms with van der Waals surface area (Å²) in [5.74, 6) is 0.539. The number of amides is 2. The topological polar surface area (TPSA) is 50.2 Å². The van der Waals surface area contributed by atoms with Crippen molar-refractivity contribution >= 4 is 6.03 Å². The minimum absolute atomic E-state index is 0.0661. The van der Waals surface area contributed by atoms with Gasteiger partial charge in [0, 0.05) is 32.9 Å². The first kappa shape index (κ1) is 16.6. The fourth-order valence-electron chi connectivity index (χ4n) is 3.39. The smallest absolute Gasteiger partial charge is 0.317 e. The summed E-state index contributed by atoms with van der Waals surface area (Å²) in [5.41, 5.74) is 3.78. The Labute approximate surface area is 143 Å². The number of rotatable bonds is 5. The molecule has 1 aliphatic heterocycles. The molecule has 1 unspecified atom stereocenters. The van der Waals surface area contributed by atoms with Crippen molar-refractivity contribution in [3.8, 4) is 0 Å². The molecule has 1 fully saturated rings. The highest BCUT2D eigenvalue weighted by atomic mass is 16.2. The van der Waals surface area contributed by atoms with Crippen LogP contribution in [-0.4, -0.2) is 40.3 Å². The Morgan fingerprint density at radius 3 is 3.00 bits per heavy atom. The standard InChI is InChI=1S/C19H26N4O/c1-15-4-3-5-16(10-15)6-8-20-19(24)23-9-7-17(14-23)11-18-12-21-22(2)13-18/h3-5,10,12-13,17H,6-9,11,14H2,1-2H3,(H,20,24). The van der Waals surface area contributed by atoms with E-state index in [9.17, 15) is 4.79 Å². The van der Waals surface area contributed by atoms with Crippen LogP contribution in [0, 0.1) is 12.8 Å². The SMILES string of the molecule is Cc1cccc(CCNC(=O)N2CCC(Cc3cnn(C)c3)C2)c1. The summed E-state index contributed by atoms with van der Waals surface area (Å²) in [6.07, 6.45) is 6.93. The second kappa shape index (κ2) is 7.51. The summed E-state index contributed by atoms with van der Waals surface area (Å²) in [7, 11) is 1.94. The number of nitrogens with zero attached hydrogens (tertiary/aromatic N) is 3. The molecule has 1 N–H and O–H groups in total. The van der Waals surface area contributed by atoms with Crippen molar-refractivity contribution in [2.45, 2.75) is 26.2 Å². The Hall–Kier alpha value is -2.30. The van der Waals surface area contributed by atoms with E-state index < -0.39 is 0 Å². The highest BCUT2D eigenvalue weighted by Crippen LogP contribution is 2.20. The summed E-state index contributed by atoms with van der Waals surface area (Å²) in [5, 5.41) is 7.26. The Kier molecular flexibility index (Phi) is 5.18. The molecule has 0 spiro atoms. The van der Waals surface area contributed by atoms with Crippen molar-refractivity contribution in [1.29, 1.82) is 0 Å². The number of aromatic nitrogens is 2. The zero-order valence-corrected chi connectivity index (χ0v) is 14.5. The lowest BCUT2D eigenvalue weighted by Gasteiger charge is -2.17. The normalized spacial score (nSPS) is 17.2. The van der Waals surface area contributed by atoms with E-state index in [4.69, 9.17) is 0 Å². The van der Waals surface area contributed by atoms with Crippen molar-refractivity contribution in [1.82, 2.24) is 20.0 Å². The Morgan fingerprint density at radius 2 is 2.25 bits per heavy atom. The van der Waals surface area contributed by atoms with E-state index in [1.165, 1.54) is 16.7 Å². The second-order valence-electron chi connectivity index (χ2n) is 6.80. The zero-order valence-electron chi connectivity index (χ0n) is 14.5. The van der Waals surface area contributed by atoms with Gasteiger partial charge in [0.1, 0.15) is 0 Å². The highest BCUT2D eigenvalue weighted by molar-refractivity contribution is 5.74. The van der Waals surface area contributed by atoms with Crippen LogP contribution < -0.4 is 5.32 Å². The fourth-order valence-corrected chi connectivity index (χ4v) is 3.39. The third-order valence-electron chi connectivity index (χ3n) is 4.63. The van der Waals surface area contributed by atoms with Gasteiger partial charge in [-0.3, -0.25) is 4.68 Å². The van der Waals surface area contributed by atoms with Crippen molar-refractivity contribution in [2.24, 2.45) is 13.0 Å². The maximum atomic E-state index is 12.3. The monoisotopic (exact) mass is 326 g/mol. The molecule has 24 heavy (non-hydrogen) atoms. The van der Waals surface area contributed by atoms with E-state index in [1.807, 2.05) is 22.8 Å². The van der Waals surface area contributed by atoms with Gasteiger partial charge in [-0.1, -0.05) is 29.8 Å². The zero-order chi connectivity index (χ0) is 16.9. The van der Waals surface area contributed by atoms with Crippen molar-refractivity contribution in [3.63, 3.8) is 0 Å². The van der Waals surface area contributed by atoms with E-state index >= 15 is 0 Å². The van der Waals surface area contributed by atoms with Crippen LogP contribution in [0.3, 0.4) is 0 Å². The largest absolute Gasteiger partial charge is 0.338 e. The quantitative estimate of drug-likeness (QED) is 0.918. The summed E-state index contributed by atoms with van der Waals surface area (Å²) in [4.78, 5) is 14.2. The Balaban J connectivity index is 1.41. The molecule has 5 nitrogen and oxygen atoms in total. The van der Waals surface area contributed by atoms with Gasteiger partial charge < -0.3 is 10.2 Å². The molecule has 0 radical (unpaired) electrons. The molecule has 0 saturated carbocycles. The number of nitrogens with one attached hydrogen (secondary N) is 1. The van der Waals surface area contributed by atoms with E-state index in [0.29, 0.717) is 12.5 Å². The number of carbonyl (C=O) groups excluding carboxylic acids is 1. The van der Waals surface area contributed by atoms with Crippen molar-refractivity contribution in [3.05, 3.63) is 53.3 Å². The molecular formula is C19H26N4O. The summed E-state index contributed by atoms with van der Waals surface area (Å²) >= 11 is 0. The van der Waals surface area contributed by atoms with Gasteiger partial charge in [0.25, 0.3) is 0 Å². The predicted molar refractivity (Wildman–Crippen MR) is 94.9 cm³/mol. The van der Waals surface area contributed by atoms with Crippen molar-refractivity contribution in [2.75, 3.05) is 19.6 Å². The third-order valence-corrected chi connectivity index (χ3v) is 4.63. The average Bonchev–Trinajstić information content (AvgIpc) is 3.17. The average molecular weight is 326 g/mol. The lowest BCUT2D eigenvalue weighted by atomic mass is 10.0. The third kappa shape index (κ3) is 4.37. The molecule has 3 rings (SSSR count). The van der Waals surface area contributed by atoms with Gasteiger partial charge in [-0.25, -0.2) is 4.79 Å². The first-order chi connectivity index (χ1) is 11.6. The van der Waals surface area contributed by atoms with Crippen LogP contribution in [0.25, 0.3) is 0 Å². The van der Waals surface area contributed by atoms with Gasteiger partial charge in [-0.05, 0) is 43.2 Å². The number of hydrogen-bond acceptors (Lipinski definition) is 2. The molecule has 1 aromatic carbocycles. The summed E-state index contributed by atoms with van der Waals surface area (Å²) in [6, 6.07) is 8.51.